The lowest BCUT2D eigenvalue weighted by Crippen LogP contribution is -2.24. The van der Waals surface area contributed by atoms with E-state index in [9.17, 15) is 15.0 Å². The first kappa shape index (κ1) is 13.8. The van der Waals surface area contributed by atoms with E-state index < -0.39 is 0 Å². The molecule has 0 saturated carbocycles. The summed E-state index contributed by atoms with van der Waals surface area (Å²) in [6.07, 6.45) is 3.65. The summed E-state index contributed by atoms with van der Waals surface area (Å²) < 4.78 is 0. The van der Waals surface area contributed by atoms with Crippen LogP contribution in [0.2, 0.25) is 0 Å². The highest BCUT2D eigenvalue weighted by Crippen LogP contribution is 2.29. The van der Waals surface area contributed by atoms with E-state index >= 15 is 0 Å². The van der Waals surface area contributed by atoms with Gasteiger partial charge in [-0.1, -0.05) is 18.2 Å². The number of hydrogen-bond acceptors (Lipinski definition) is 3. The molecule has 19 heavy (non-hydrogen) atoms. The van der Waals surface area contributed by atoms with Gasteiger partial charge in [-0.2, -0.15) is 0 Å². The number of nitrogens with zero attached hydrogens (tertiary/aromatic N) is 1. The molecule has 1 aromatic carbocycles. The van der Waals surface area contributed by atoms with Crippen LogP contribution in [0, 0.1) is 0 Å². The van der Waals surface area contributed by atoms with E-state index in [1.165, 1.54) is 0 Å². The molecule has 0 spiro atoms. The summed E-state index contributed by atoms with van der Waals surface area (Å²) in [5.74, 6) is -0.403. The van der Waals surface area contributed by atoms with Crippen molar-refractivity contribution in [3.05, 3.63) is 41.1 Å². The number of amides is 1. The van der Waals surface area contributed by atoms with Crippen molar-refractivity contribution in [3.63, 3.8) is 0 Å². The van der Waals surface area contributed by atoms with Crippen molar-refractivity contribution in [1.82, 2.24) is 4.90 Å². The highest BCUT2D eigenvalue weighted by atomic mass is 16.3. The van der Waals surface area contributed by atoms with Gasteiger partial charge < -0.3 is 15.1 Å². The largest absolute Gasteiger partial charge is 0.396 e. The number of aliphatic hydroxyl groups is 2. The van der Waals surface area contributed by atoms with Crippen molar-refractivity contribution in [2.75, 3.05) is 20.3 Å². The van der Waals surface area contributed by atoms with Gasteiger partial charge in [0.25, 0.3) is 0 Å². The average molecular weight is 261 g/mol. The van der Waals surface area contributed by atoms with Gasteiger partial charge in [0.2, 0.25) is 5.91 Å². The average Bonchev–Trinajstić information content (AvgIpc) is 2.53. The molecule has 0 unspecified atom stereocenters. The summed E-state index contributed by atoms with van der Waals surface area (Å²) >= 11 is 0. The fraction of sp³-hybridized carbons (Fsp3) is 0.400. The molecule has 1 aromatic rings. The lowest BCUT2D eigenvalue weighted by Gasteiger charge is -2.17. The number of hydrogen-bond donors (Lipinski definition) is 2. The van der Waals surface area contributed by atoms with Crippen molar-refractivity contribution in [3.8, 4) is 0 Å². The van der Waals surface area contributed by atoms with Crippen LogP contribution in [0.5, 0.6) is 0 Å². The van der Waals surface area contributed by atoms with Crippen molar-refractivity contribution in [1.29, 1.82) is 0 Å². The van der Waals surface area contributed by atoms with Crippen LogP contribution < -0.4 is 0 Å². The van der Waals surface area contributed by atoms with Crippen molar-refractivity contribution in [2.24, 2.45) is 0 Å². The van der Waals surface area contributed by atoms with Gasteiger partial charge in [-0.05, 0) is 29.7 Å². The van der Waals surface area contributed by atoms with E-state index in [0.717, 1.165) is 16.7 Å². The Labute approximate surface area is 113 Å². The molecule has 0 aromatic heterocycles. The standard InChI is InChI=1S/C15H19NO3/c1-10-14-4-3-11(13(8-17)9-18)7-12(14)5-6-16(2)15(10)19/h3-7,10,13,17-18H,8-9H2,1-2H3/t10-/m1/s1. The Morgan fingerprint density at radius 1 is 1.32 bits per heavy atom. The maximum atomic E-state index is 12.0. The molecule has 1 aliphatic rings. The Balaban J connectivity index is 2.45. The molecular weight excluding hydrogens is 242 g/mol. The Morgan fingerprint density at radius 3 is 2.63 bits per heavy atom. The minimum atomic E-state index is -0.273. The van der Waals surface area contributed by atoms with Gasteiger partial charge in [0, 0.05) is 19.2 Å². The number of fused-ring (bicyclic) bond motifs is 1. The van der Waals surface area contributed by atoms with E-state index in [-0.39, 0.29) is 31.0 Å². The van der Waals surface area contributed by atoms with Crippen LogP contribution in [0.25, 0.3) is 6.08 Å². The zero-order valence-corrected chi connectivity index (χ0v) is 11.2. The van der Waals surface area contributed by atoms with Gasteiger partial charge in [0.15, 0.2) is 0 Å². The van der Waals surface area contributed by atoms with E-state index in [4.69, 9.17) is 0 Å². The Hall–Kier alpha value is -1.65. The molecular formula is C15H19NO3. The second-order valence-electron chi connectivity index (χ2n) is 4.94. The molecule has 0 aliphatic carbocycles. The van der Waals surface area contributed by atoms with E-state index in [2.05, 4.69) is 0 Å². The molecule has 1 amide bonds. The molecule has 2 N–H and O–H groups in total. The summed E-state index contributed by atoms with van der Waals surface area (Å²) in [4.78, 5) is 13.6. The van der Waals surface area contributed by atoms with Crippen LogP contribution in [0.1, 0.15) is 35.4 Å². The molecule has 0 saturated heterocycles. The highest BCUT2D eigenvalue weighted by molar-refractivity contribution is 5.87. The zero-order chi connectivity index (χ0) is 14.0. The number of carbonyl (C=O) groups excluding carboxylic acids is 1. The van der Waals surface area contributed by atoms with Gasteiger partial charge in [-0.15, -0.1) is 0 Å². The molecule has 4 heteroatoms. The maximum Gasteiger partial charge on any atom is 0.233 e. The summed E-state index contributed by atoms with van der Waals surface area (Å²) in [6.45, 7) is 1.71. The first-order valence-electron chi connectivity index (χ1n) is 6.39. The summed E-state index contributed by atoms with van der Waals surface area (Å²) in [7, 11) is 1.74. The van der Waals surface area contributed by atoms with Crippen LogP contribution >= 0.6 is 0 Å². The van der Waals surface area contributed by atoms with Crippen molar-refractivity contribution < 1.29 is 15.0 Å². The smallest absolute Gasteiger partial charge is 0.233 e. The second kappa shape index (κ2) is 5.55. The molecule has 4 nitrogen and oxygen atoms in total. The van der Waals surface area contributed by atoms with E-state index in [0.29, 0.717) is 0 Å². The summed E-state index contributed by atoms with van der Waals surface area (Å²) in [6, 6.07) is 5.72. The zero-order valence-electron chi connectivity index (χ0n) is 11.2. The van der Waals surface area contributed by atoms with Crippen LogP contribution in [0.15, 0.2) is 24.4 Å². The minimum absolute atomic E-state index is 0.0589. The summed E-state index contributed by atoms with van der Waals surface area (Å²) in [5.41, 5.74) is 2.83. The predicted molar refractivity (Wildman–Crippen MR) is 73.6 cm³/mol. The van der Waals surface area contributed by atoms with Crippen molar-refractivity contribution >= 4 is 12.0 Å². The first-order chi connectivity index (χ1) is 9.08. The molecule has 1 aliphatic heterocycles. The quantitative estimate of drug-likeness (QED) is 0.862. The third kappa shape index (κ3) is 2.55. The Kier molecular flexibility index (Phi) is 4.02. The lowest BCUT2D eigenvalue weighted by atomic mass is 9.90. The van der Waals surface area contributed by atoms with Gasteiger partial charge in [0.1, 0.15) is 0 Å². The maximum absolute atomic E-state index is 12.0. The summed E-state index contributed by atoms with van der Waals surface area (Å²) in [5, 5.41) is 18.5. The number of aliphatic hydroxyl groups excluding tert-OH is 2. The number of benzene rings is 1. The van der Waals surface area contributed by atoms with Crippen LogP contribution in [0.4, 0.5) is 0 Å². The van der Waals surface area contributed by atoms with Crippen LogP contribution in [-0.4, -0.2) is 41.3 Å². The van der Waals surface area contributed by atoms with E-state index in [1.807, 2.05) is 31.2 Å². The second-order valence-corrected chi connectivity index (χ2v) is 4.94. The van der Waals surface area contributed by atoms with E-state index in [1.54, 1.807) is 18.1 Å². The first-order valence-corrected chi connectivity index (χ1v) is 6.39. The molecule has 0 bridgehead atoms. The van der Waals surface area contributed by atoms with Gasteiger partial charge in [-0.25, -0.2) is 0 Å². The van der Waals surface area contributed by atoms with Crippen molar-refractivity contribution in [2.45, 2.75) is 18.8 Å². The van der Waals surface area contributed by atoms with Gasteiger partial charge in [0.05, 0.1) is 19.1 Å². The third-order valence-corrected chi connectivity index (χ3v) is 3.69. The minimum Gasteiger partial charge on any atom is -0.396 e. The molecule has 0 radical (unpaired) electrons. The molecule has 1 heterocycles. The monoisotopic (exact) mass is 261 g/mol. The van der Waals surface area contributed by atoms with Crippen LogP contribution in [-0.2, 0) is 4.79 Å². The molecule has 102 valence electrons. The predicted octanol–water partition coefficient (Wildman–Crippen LogP) is 1.30. The fourth-order valence-corrected chi connectivity index (χ4v) is 2.36. The number of rotatable bonds is 3. The van der Waals surface area contributed by atoms with Crippen LogP contribution in [0.3, 0.4) is 0 Å². The number of likely N-dealkylation sites (N-methyl/N-ethyl adjacent to an activating group) is 1. The fourth-order valence-electron chi connectivity index (χ4n) is 2.36. The van der Waals surface area contributed by atoms with Gasteiger partial charge >= 0.3 is 0 Å². The molecule has 0 fully saturated rings. The SMILES string of the molecule is C[C@H]1C(=O)N(C)C=Cc2cc(C(CO)CO)ccc21. The third-order valence-electron chi connectivity index (χ3n) is 3.69. The lowest BCUT2D eigenvalue weighted by molar-refractivity contribution is -0.128. The number of carbonyl (C=O) groups is 1. The normalized spacial score (nSPS) is 18.7. The Bertz CT molecular complexity index is 506. The molecule has 1 atom stereocenters. The Morgan fingerprint density at radius 2 is 2.00 bits per heavy atom. The molecule has 2 rings (SSSR count). The highest BCUT2D eigenvalue weighted by Gasteiger charge is 2.23. The van der Waals surface area contributed by atoms with Gasteiger partial charge in [-0.3, -0.25) is 4.79 Å². The topological polar surface area (TPSA) is 60.8 Å².